The first kappa shape index (κ1) is 17.1. The van der Waals surface area contributed by atoms with Crippen molar-refractivity contribution < 1.29 is 18.4 Å². The molecule has 3 rings (SSSR count). The van der Waals surface area contributed by atoms with Crippen LogP contribution in [0.25, 0.3) is 0 Å². The van der Waals surface area contributed by atoms with Crippen LogP contribution < -0.4 is 0 Å². The van der Waals surface area contributed by atoms with Crippen LogP contribution in [0, 0.1) is 12.8 Å². The average molecular weight is 350 g/mol. The van der Waals surface area contributed by atoms with E-state index in [4.69, 9.17) is 5.21 Å². The lowest BCUT2D eigenvalue weighted by molar-refractivity contribution is -0.122. The molecule has 0 saturated carbocycles. The van der Waals surface area contributed by atoms with E-state index in [0.29, 0.717) is 18.6 Å². The molecule has 0 spiro atoms. The zero-order valence-corrected chi connectivity index (χ0v) is 14.7. The van der Waals surface area contributed by atoms with E-state index in [9.17, 15) is 13.2 Å². The van der Waals surface area contributed by atoms with E-state index in [1.54, 1.807) is 35.5 Å². The lowest BCUT2D eigenvalue weighted by Crippen LogP contribution is -2.38. The van der Waals surface area contributed by atoms with Crippen molar-refractivity contribution in [2.24, 2.45) is 11.1 Å². The minimum absolute atomic E-state index is 0.0402. The van der Waals surface area contributed by atoms with Crippen LogP contribution in [0.15, 0.2) is 34.3 Å². The van der Waals surface area contributed by atoms with E-state index in [1.165, 1.54) is 0 Å². The van der Waals surface area contributed by atoms with Crippen LogP contribution in [0.4, 0.5) is 0 Å². The van der Waals surface area contributed by atoms with Crippen molar-refractivity contribution in [1.82, 2.24) is 4.31 Å². The van der Waals surface area contributed by atoms with Gasteiger partial charge in [-0.3, -0.25) is 4.79 Å². The van der Waals surface area contributed by atoms with E-state index in [2.05, 4.69) is 5.16 Å². The van der Waals surface area contributed by atoms with Crippen molar-refractivity contribution in [3.8, 4) is 0 Å². The molecule has 0 unspecified atom stereocenters. The maximum Gasteiger partial charge on any atom is 0.243 e. The third-order valence-electron chi connectivity index (χ3n) is 5.08. The van der Waals surface area contributed by atoms with Crippen molar-refractivity contribution in [3.05, 3.63) is 29.8 Å². The molecule has 1 aromatic rings. The molecular weight excluding hydrogens is 328 g/mol. The number of ketones is 1. The molecule has 2 aliphatic rings. The van der Waals surface area contributed by atoms with Crippen LogP contribution >= 0.6 is 0 Å². The van der Waals surface area contributed by atoms with Crippen molar-refractivity contribution in [1.29, 1.82) is 0 Å². The first-order valence-corrected chi connectivity index (χ1v) is 9.59. The largest absolute Gasteiger partial charge is 0.411 e. The molecule has 2 heterocycles. The molecule has 2 aliphatic heterocycles. The second-order valence-electron chi connectivity index (χ2n) is 6.77. The molecule has 2 bridgehead atoms. The van der Waals surface area contributed by atoms with Gasteiger partial charge in [0.2, 0.25) is 10.0 Å². The third kappa shape index (κ3) is 2.86. The van der Waals surface area contributed by atoms with Crippen LogP contribution in [-0.2, 0) is 14.8 Å². The van der Waals surface area contributed by atoms with Crippen LogP contribution in [0.5, 0.6) is 0 Å². The third-order valence-corrected chi connectivity index (χ3v) is 7.08. The maximum absolute atomic E-state index is 13.0. The van der Waals surface area contributed by atoms with Crippen LogP contribution in [0.3, 0.4) is 0 Å². The monoisotopic (exact) mass is 350 g/mol. The first-order chi connectivity index (χ1) is 11.3. The highest BCUT2D eigenvalue weighted by molar-refractivity contribution is 7.89. The SMILES string of the molecule is C/C(CC(=O)[C@H]1C[C@@H]2CC[C@H]1N2S(=O)(=O)c1ccc(C)cc1)=N\O. The fourth-order valence-corrected chi connectivity index (χ4v) is 5.83. The number of sulfonamides is 1. The number of carbonyl (C=O) groups excluding carboxylic acids is 1. The van der Waals surface area contributed by atoms with Gasteiger partial charge in [0.1, 0.15) is 5.78 Å². The van der Waals surface area contributed by atoms with Gasteiger partial charge in [-0.1, -0.05) is 22.9 Å². The smallest absolute Gasteiger partial charge is 0.243 e. The Kier molecular flexibility index (Phi) is 4.48. The highest BCUT2D eigenvalue weighted by Crippen LogP contribution is 2.45. The molecule has 2 fully saturated rings. The Balaban J connectivity index is 1.85. The number of aryl methyl sites for hydroxylation is 1. The quantitative estimate of drug-likeness (QED) is 0.502. The van der Waals surface area contributed by atoms with Gasteiger partial charge >= 0.3 is 0 Å². The Morgan fingerprint density at radius 3 is 2.58 bits per heavy atom. The number of benzene rings is 1. The summed E-state index contributed by atoms with van der Waals surface area (Å²) in [6.07, 6.45) is 2.14. The average Bonchev–Trinajstić information content (AvgIpc) is 3.13. The Hall–Kier alpha value is -1.73. The van der Waals surface area contributed by atoms with Gasteiger partial charge in [0.15, 0.2) is 0 Å². The molecule has 3 atom stereocenters. The summed E-state index contributed by atoms with van der Waals surface area (Å²) < 4.78 is 27.6. The highest BCUT2D eigenvalue weighted by atomic mass is 32.2. The standard InChI is InChI=1S/C17H22N2O4S/c1-11-3-6-14(7-4-11)24(22,23)19-13-5-8-16(19)15(10-13)17(20)9-12(2)18-21/h3-4,6-7,13,15-16,21H,5,8-10H2,1-2H3/b18-12+/t13-,15-,16+/m0/s1. The van der Waals surface area contributed by atoms with Crippen LogP contribution in [0.1, 0.15) is 38.2 Å². The van der Waals surface area contributed by atoms with E-state index in [-0.39, 0.29) is 35.1 Å². The number of hydrogen-bond acceptors (Lipinski definition) is 5. The molecule has 6 nitrogen and oxygen atoms in total. The molecule has 0 aliphatic carbocycles. The second kappa shape index (κ2) is 6.29. The molecular formula is C17H22N2O4S. The summed E-state index contributed by atoms with van der Waals surface area (Å²) >= 11 is 0. The number of oxime groups is 1. The molecule has 1 N–H and O–H groups in total. The Bertz CT molecular complexity index is 770. The lowest BCUT2D eigenvalue weighted by Gasteiger charge is -2.23. The predicted molar refractivity (Wildman–Crippen MR) is 89.6 cm³/mol. The molecule has 24 heavy (non-hydrogen) atoms. The van der Waals surface area contributed by atoms with Crippen molar-refractivity contribution in [3.63, 3.8) is 0 Å². The number of carbonyl (C=O) groups is 1. The highest BCUT2D eigenvalue weighted by Gasteiger charge is 2.53. The van der Waals surface area contributed by atoms with Crippen molar-refractivity contribution in [2.45, 2.75) is 56.5 Å². The normalized spacial score (nSPS) is 27.6. The molecule has 130 valence electrons. The molecule has 2 saturated heterocycles. The Morgan fingerprint density at radius 2 is 1.96 bits per heavy atom. The summed E-state index contributed by atoms with van der Waals surface area (Å²) in [5.74, 6) is -0.345. The zero-order chi connectivity index (χ0) is 17.5. The fourth-order valence-electron chi connectivity index (χ4n) is 3.91. The summed E-state index contributed by atoms with van der Waals surface area (Å²) in [5.41, 5.74) is 1.36. The van der Waals surface area contributed by atoms with Crippen molar-refractivity contribution >= 4 is 21.5 Å². The van der Waals surface area contributed by atoms with E-state index in [0.717, 1.165) is 12.0 Å². The minimum Gasteiger partial charge on any atom is -0.411 e. The number of rotatable bonds is 5. The van der Waals surface area contributed by atoms with Gasteiger partial charge in [0.05, 0.1) is 10.6 Å². The second-order valence-corrected chi connectivity index (χ2v) is 8.61. The number of fused-ring (bicyclic) bond motifs is 2. The zero-order valence-electron chi connectivity index (χ0n) is 13.8. The summed E-state index contributed by atoms with van der Waals surface area (Å²) in [6.45, 7) is 3.50. The Morgan fingerprint density at radius 1 is 1.29 bits per heavy atom. The number of nitrogens with zero attached hydrogens (tertiary/aromatic N) is 2. The maximum atomic E-state index is 13.0. The first-order valence-electron chi connectivity index (χ1n) is 8.15. The molecule has 0 amide bonds. The number of Topliss-reactive ketones (excluding diaryl/α,β-unsaturated/α-hetero) is 1. The predicted octanol–water partition coefficient (Wildman–Crippen LogP) is 2.35. The minimum atomic E-state index is -3.59. The van der Waals surface area contributed by atoms with Gasteiger partial charge in [-0.05, 0) is 45.2 Å². The summed E-state index contributed by atoms with van der Waals surface area (Å²) in [6, 6.07) is 6.44. The molecule has 1 aromatic carbocycles. The number of hydrogen-bond donors (Lipinski definition) is 1. The van der Waals surface area contributed by atoms with Gasteiger partial charge < -0.3 is 5.21 Å². The van der Waals surface area contributed by atoms with E-state index < -0.39 is 10.0 Å². The lowest BCUT2D eigenvalue weighted by atomic mass is 9.84. The molecule has 0 aromatic heterocycles. The van der Waals surface area contributed by atoms with Gasteiger partial charge in [0.25, 0.3) is 0 Å². The summed E-state index contributed by atoms with van der Waals surface area (Å²) in [5, 5.41) is 11.8. The molecule has 0 radical (unpaired) electrons. The van der Waals surface area contributed by atoms with Crippen LogP contribution in [-0.4, -0.2) is 41.5 Å². The van der Waals surface area contributed by atoms with E-state index in [1.807, 2.05) is 6.92 Å². The fraction of sp³-hybridized carbons (Fsp3) is 0.529. The summed E-state index contributed by atoms with van der Waals surface area (Å²) in [4.78, 5) is 12.7. The van der Waals surface area contributed by atoms with Gasteiger partial charge in [0, 0.05) is 24.4 Å². The van der Waals surface area contributed by atoms with Gasteiger partial charge in [-0.15, -0.1) is 0 Å². The van der Waals surface area contributed by atoms with Gasteiger partial charge in [-0.2, -0.15) is 4.31 Å². The van der Waals surface area contributed by atoms with Crippen LogP contribution in [0.2, 0.25) is 0 Å². The summed E-state index contributed by atoms with van der Waals surface area (Å²) in [7, 11) is -3.59. The molecule has 7 heteroatoms. The topological polar surface area (TPSA) is 87.0 Å². The van der Waals surface area contributed by atoms with Gasteiger partial charge in [-0.25, -0.2) is 8.42 Å². The Labute approximate surface area is 142 Å². The van der Waals surface area contributed by atoms with Crippen molar-refractivity contribution in [2.75, 3.05) is 0 Å². The van der Waals surface area contributed by atoms with E-state index >= 15 is 0 Å².